The number of benzene rings is 3. The second-order valence-electron chi connectivity index (χ2n) is 6.17. The van der Waals surface area contributed by atoms with Crippen LogP contribution in [0.15, 0.2) is 78.9 Å². The zero-order valence-electron chi connectivity index (χ0n) is 14.8. The molecule has 2 amide bonds. The van der Waals surface area contributed by atoms with Crippen LogP contribution in [0.4, 0.5) is 5.69 Å². The number of amides is 2. The van der Waals surface area contributed by atoms with E-state index < -0.39 is 0 Å². The average Bonchev–Trinajstić information content (AvgIpc) is 2.68. The summed E-state index contributed by atoms with van der Waals surface area (Å²) in [4.78, 5) is 25.8. The Morgan fingerprint density at radius 1 is 0.692 bits per heavy atom. The molecule has 3 aromatic carbocycles. The van der Waals surface area contributed by atoms with E-state index in [4.69, 9.17) is 0 Å². The highest BCUT2D eigenvalue weighted by atomic mass is 16.2. The highest BCUT2D eigenvalue weighted by Crippen LogP contribution is 2.20. The van der Waals surface area contributed by atoms with Gasteiger partial charge in [-0.15, -0.1) is 0 Å². The van der Waals surface area contributed by atoms with E-state index in [1.54, 1.807) is 38.4 Å². The van der Waals surface area contributed by atoms with Crippen molar-refractivity contribution in [1.82, 2.24) is 4.90 Å². The van der Waals surface area contributed by atoms with Crippen molar-refractivity contribution in [3.05, 3.63) is 90.0 Å². The Balaban J connectivity index is 1.69. The molecule has 0 bridgehead atoms. The molecule has 0 unspecified atom stereocenters. The van der Waals surface area contributed by atoms with Gasteiger partial charge in [0.2, 0.25) is 0 Å². The van der Waals surface area contributed by atoms with Gasteiger partial charge < -0.3 is 10.2 Å². The van der Waals surface area contributed by atoms with Gasteiger partial charge in [-0.2, -0.15) is 0 Å². The second kappa shape index (κ2) is 7.66. The van der Waals surface area contributed by atoms with Gasteiger partial charge >= 0.3 is 0 Å². The molecule has 0 atom stereocenters. The maximum atomic E-state index is 12.4. The largest absolute Gasteiger partial charge is 0.345 e. The van der Waals surface area contributed by atoms with Gasteiger partial charge in [-0.1, -0.05) is 42.5 Å². The van der Waals surface area contributed by atoms with Crippen molar-refractivity contribution in [2.75, 3.05) is 19.4 Å². The summed E-state index contributed by atoms with van der Waals surface area (Å²) < 4.78 is 0. The Labute approximate surface area is 153 Å². The summed E-state index contributed by atoms with van der Waals surface area (Å²) in [7, 11) is 3.41. The van der Waals surface area contributed by atoms with Gasteiger partial charge in [0, 0.05) is 30.9 Å². The number of rotatable bonds is 4. The highest BCUT2D eigenvalue weighted by Gasteiger charge is 2.09. The smallest absolute Gasteiger partial charge is 0.255 e. The normalized spacial score (nSPS) is 10.2. The second-order valence-corrected chi connectivity index (χ2v) is 6.17. The Bertz CT molecular complexity index is 899. The van der Waals surface area contributed by atoms with Crippen LogP contribution in [0.2, 0.25) is 0 Å². The zero-order valence-corrected chi connectivity index (χ0v) is 14.8. The first-order valence-corrected chi connectivity index (χ1v) is 8.33. The number of hydrogen-bond acceptors (Lipinski definition) is 2. The van der Waals surface area contributed by atoms with E-state index in [1.807, 2.05) is 54.6 Å². The summed E-state index contributed by atoms with van der Waals surface area (Å²) in [5.74, 6) is -0.254. The molecule has 1 N–H and O–H groups in total. The van der Waals surface area contributed by atoms with Crippen molar-refractivity contribution in [2.24, 2.45) is 0 Å². The van der Waals surface area contributed by atoms with Crippen LogP contribution in [0.1, 0.15) is 20.7 Å². The fourth-order valence-corrected chi connectivity index (χ4v) is 2.60. The monoisotopic (exact) mass is 344 g/mol. The lowest BCUT2D eigenvalue weighted by Gasteiger charge is -2.11. The molecule has 0 fully saturated rings. The topological polar surface area (TPSA) is 49.4 Å². The van der Waals surface area contributed by atoms with Crippen LogP contribution in [0.3, 0.4) is 0 Å². The van der Waals surface area contributed by atoms with Crippen LogP contribution in [-0.2, 0) is 0 Å². The van der Waals surface area contributed by atoms with E-state index in [1.165, 1.54) is 4.90 Å². The van der Waals surface area contributed by atoms with E-state index in [2.05, 4.69) is 5.32 Å². The quantitative estimate of drug-likeness (QED) is 0.767. The predicted octanol–water partition coefficient (Wildman–Crippen LogP) is 4.31. The first-order valence-electron chi connectivity index (χ1n) is 8.33. The standard InChI is InChI=1S/C22H20N2O2/c1-24(2)22(26)19-12-14-20(15-13-19)23-21(25)18-10-8-17(9-11-18)16-6-4-3-5-7-16/h3-15H,1-2H3,(H,23,25). The molecule has 130 valence electrons. The third-order valence-electron chi connectivity index (χ3n) is 4.05. The summed E-state index contributed by atoms with van der Waals surface area (Å²) in [5.41, 5.74) is 3.99. The molecule has 26 heavy (non-hydrogen) atoms. The van der Waals surface area contributed by atoms with Gasteiger partial charge in [0.25, 0.3) is 11.8 Å². The maximum absolute atomic E-state index is 12.4. The highest BCUT2D eigenvalue weighted by molar-refractivity contribution is 6.04. The van der Waals surface area contributed by atoms with Gasteiger partial charge in [0.15, 0.2) is 0 Å². The predicted molar refractivity (Wildman–Crippen MR) is 104 cm³/mol. The Morgan fingerprint density at radius 2 is 1.23 bits per heavy atom. The van der Waals surface area contributed by atoms with Crippen molar-refractivity contribution in [3.8, 4) is 11.1 Å². The molecule has 3 aromatic rings. The molecule has 0 aliphatic heterocycles. The minimum absolute atomic E-state index is 0.0700. The molecule has 3 rings (SSSR count). The van der Waals surface area contributed by atoms with Gasteiger partial charge in [0.1, 0.15) is 0 Å². The van der Waals surface area contributed by atoms with Gasteiger partial charge in [-0.3, -0.25) is 9.59 Å². The molecular formula is C22H20N2O2. The number of anilines is 1. The third kappa shape index (κ3) is 3.98. The number of nitrogens with zero attached hydrogens (tertiary/aromatic N) is 1. The Kier molecular flexibility index (Phi) is 5.13. The molecule has 0 radical (unpaired) electrons. The molecule has 0 aliphatic rings. The molecule has 0 saturated carbocycles. The summed E-state index contributed by atoms with van der Waals surface area (Å²) in [6.45, 7) is 0. The molecular weight excluding hydrogens is 324 g/mol. The first-order chi connectivity index (χ1) is 12.5. The first kappa shape index (κ1) is 17.4. The summed E-state index contributed by atoms with van der Waals surface area (Å²) in [6.07, 6.45) is 0. The minimum Gasteiger partial charge on any atom is -0.345 e. The van der Waals surface area contributed by atoms with E-state index in [-0.39, 0.29) is 11.8 Å². The van der Waals surface area contributed by atoms with Crippen LogP contribution in [-0.4, -0.2) is 30.8 Å². The molecule has 0 spiro atoms. The number of hydrogen-bond donors (Lipinski definition) is 1. The van der Waals surface area contributed by atoms with Crippen LogP contribution in [0, 0.1) is 0 Å². The molecule has 0 saturated heterocycles. The van der Waals surface area contributed by atoms with Gasteiger partial charge in [-0.05, 0) is 47.5 Å². The molecule has 0 aromatic heterocycles. The van der Waals surface area contributed by atoms with Crippen molar-refractivity contribution in [3.63, 3.8) is 0 Å². The average molecular weight is 344 g/mol. The number of nitrogens with one attached hydrogen (secondary N) is 1. The summed E-state index contributed by atoms with van der Waals surface area (Å²) in [5, 5.41) is 2.85. The zero-order chi connectivity index (χ0) is 18.5. The van der Waals surface area contributed by atoms with E-state index >= 15 is 0 Å². The fraction of sp³-hybridized carbons (Fsp3) is 0.0909. The molecule has 4 nitrogen and oxygen atoms in total. The van der Waals surface area contributed by atoms with E-state index in [0.29, 0.717) is 16.8 Å². The maximum Gasteiger partial charge on any atom is 0.255 e. The Morgan fingerprint density at radius 3 is 1.81 bits per heavy atom. The van der Waals surface area contributed by atoms with Crippen molar-refractivity contribution in [1.29, 1.82) is 0 Å². The lowest BCUT2D eigenvalue weighted by atomic mass is 10.0. The van der Waals surface area contributed by atoms with Crippen molar-refractivity contribution in [2.45, 2.75) is 0 Å². The molecule has 0 aliphatic carbocycles. The number of carbonyl (C=O) groups is 2. The lowest BCUT2D eigenvalue weighted by molar-refractivity contribution is 0.0827. The Hall–Kier alpha value is -3.40. The fourth-order valence-electron chi connectivity index (χ4n) is 2.60. The van der Waals surface area contributed by atoms with E-state index in [0.717, 1.165) is 11.1 Å². The van der Waals surface area contributed by atoms with Crippen LogP contribution in [0.25, 0.3) is 11.1 Å². The van der Waals surface area contributed by atoms with Gasteiger partial charge in [0.05, 0.1) is 0 Å². The minimum atomic E-state index is -0.184. The third-order valence-corrected chi connectivity index (χ3v) is 4.05. The van der Waals surface area contributed by atoms with Crippen molar-refractivity contribution < 1.29 is 9.59 Å². The van der Waals surface area contributed by atoms with Gasteiger partial charge in [-0.25, -0.2) is 0 Å². The molecule has 0 heterocycles. The van der Waals surface area contributed by atoms with Crippen LogP contribution < -0.4 is 5.32 Å². The SMILES string of the molecule is CN(C)C(=O)c1ccc(NC(=O)c2ccc(-c3ccccc3)cc2)cc1. The van der Waals surface area contributed by atoms with Crippen LogP contribution >= 0.6 is 0 Å². The summed E-state index contributed by atoms with van der Waals surface area (Å²) in [6, 6.07) is 24.4. The van der Waals surface area contributed by atoms with E-state index in [9.17, 15) is 9.59 Å². The summed E-state index contributed by atoms with van der Waals surface area (Å²) >= 11 is 0. The van der Waals surface area contributed by atoms with Crippen molar-refractivity contribution >= 4 is 17.5 Å². The molecule has 4 heteroatoms. The lowest BCUT2D eigenvalue weighted by Crippen LogP contribution is -2.21. The number of carbonyl (C=O) groups excluding carboxylic acids is 2. The van der Waals surface area contributed by atoms with Crippen LogP contribution in [0.5, 0.6) is 0 Å².